The number of amides is 2. The van der Waals surface area contributed by atoms with Crippen LogP contribution in [0.25, 0.3) is 0 Å². The third-order valence-electron chi connectivity index (χ3n) is 5.88. The first-order chi connectivity index (χ1) is 15.4. The van der Waals surface area contributed by atoms with Gasteiger partial charge in [-0.15, -0.1) is 0 Å². The number of fused-ring (bicyclic) bond motifs is 1. The highest BCUT2D eigenvalue weighted by Gasteiger charge is 2.26. The first kappa shape index (κ1) is 22.7. The number of urea groups is 1. The zero-order chi connectivity index (χ0) is 22.7. The van der Waals surface area contributed by atoms with Crippen LogP contribution in [0, 0.1) is 5.82 Å². The number of aliphatic hydroxyl groups is 1. The number of carbonyl (C=O) groups is 1. The summed E-state index contributed by atoms with van der Waals surface area (Å²) in [5.74, 6) is 0.00433. The summed E-state index contributed by atoms with van der Waals surface area (Å²) in [5.41, 5.74) is 2.35. The molecule has 2 aliphatic rings. The van der Waals surface area contributed by atoms with Crippen molar-refractivity contribution in [2.24, 2.45) is 0 Å². The molecule has 0 bridgehead atoms. The lowest BCUT2D eigenvalue weighted by atomic mass is 10.0. The number of aromatic nitrogens is 2. The summed E-state index contributed by atoms with van der Waals surface area (Å²) in [6.45, 7) is 3.28. The third-order valence-corrected chi connectivity index (χ3v) is 6.17. The molecular weight excluding hydrogens is 437 g/mol. The number of halogens is 2. The summed E-state index contributed by atoms with van der Waals surface area (Å²) in [4.78, 5) is 23.6. The van der Waals surface area contributed by atoms with E-state index in [9.17, 15) is 14.3 Å². The Hall–Kier alpha value is -2.49. The van der Waals surface area contributed by atoms with Crippen molar-refractivity contribution in [3.05, 3.63) is 52.1 Å². The monoisotopic (exact) mass is 463 g/mol. The van der Waals surface area contributed by atoms with Crippen molar-refractivity contribution in [2.45, 2.75) is 50.9 Å². The average molecular weight is 464 g/mol. The molecule has 2 aromatic rings. The van der Waals surface area contributed by atoms with E-state index in [1.807, 2.05) is 6.20 Å². The van der Waals surface area contributed by atoms with Crippen molar-refractivity contribution in [2.75, 3.05) is 25.1 Å². The molecular formula is C22H27ClFN5O3. The molecule has 0 spiro atoms. The molecule has 0 aliphatic carbocycles. The fraction of sp³-hybridized carbons (Fsp3) is 0.500. The molecule has 4 rings (SSSR count). The fourth-order valence-electron chi connectivity index (χ4n) is 4.06. The molecule has 172 valence electrons. The van der Waals surface area contributed by atoms with Crippen molar-refractivity contribution in [3.63, 3.8) is 0 Å². The first-order valence-corrected chi connectivity index (χ1v) is 11.1. The van der Waals surface area contributed by atoms with E-state index in [1.54, 1.807) is 4.90 Å². The van der Waals surface area contributed by atoms with E-state index in [4.69, 9.17) is 16.3 Å². The topological polar surface area (TPSA) is 99.6 Å². The van der Waals surface area contributed by atoms with Crippen LogP contribution in [0.1, 0.15) is 42.6 Å². The summed E-state index contributed by atoms with van der Waals surface area (Å²) in [6, 6.07) is 3.35. The van der Waals surface area contributed by atoms with E-state index in [1.165, 1.54) is 18.2 Å². The van der Waals surface area contributed by atoms with Gasteiger partial charge in [-0.05, 0) is 49.4 Å². The number of carbonyl (C=O) groups excluding carboxylic acids is 1. The van der Waals surface area contributed by atoms with E-state index in [0.29, 0.717) is 37.6 Å². The summed E-state index contributed by atoms with van der Waals surface area (Å²) in [5, 5.41) is 15.9. The van der Waals surface area contributed by atoms with Gasteiger partial charge in [0.25, 0.3) is 0 Å². The maximum absolute atomic E-state index is 13.4. The normalized spacial score (nSPS) is 21.6. The SMILES string of the molecule is CC1CC(Nc2ncc3c(n2)CN(C(=O)N[C@H](CO)c2ccc(F)c(Cl)c2)CC3)CCO1. The summed E-state index contributed by atoms with van der Waals surface area (Å²) in [6.07, 6.45) is 4.46. The molecule has 32 heavy (non-hydrogen) atoms. The molecule has 1 aromatic carbocycles. The molecule has 2 unspecified atom stereocenters. The van der Waals surface area contributed by atoms with Gasteiger partial charge in [-0.25, -0.2) is 19.2 Å². The Bertz CT molecular complexity index is 979. The van der Waals surface area contributed by atoms with Gasteiger partial charge in [-0.3, -0.25) is 0 Å². The predicted octanol–water partition coefficient (Wildman–Crippen LogP) is 3.05. The number of hydrogen-bond donors (Lipinski definition) is 3. The van der Waals surface area contributed by atoms with Crippen molar-refractivity contribution in [1.82, 2.24) is 20.2 Å². The van der Waals surface area contributed by atoms with Gasteiger partial charge in [0.2, 0.25) is 5.95 Å². The number of nitrogens with one attached hydrogen (secondary N) is 2. The Morgan fingerprint density at radius 1 is 1.47 bits per heavy atom. The molecule has 0 radical (unpaired) electrons. The van der Waals surface area contributed by atoms with Crippen molar-refractivity contribution < 1.29 is 19.0 Å². The molecule has 2 amide bonds. The first-order valence-electron chi connectivity index (χ1n) is 10.8. The van der Waals surface area contributed by atoms with Crippen molar-refractivity contribution in [3.8, 4) is 0 Å². The largest absolute Gasteiger partial charge is 0.394 e. The zero-order valence-electron chi connectivity index (χ0n) is 17.9. The lowest BCUT2D eigenvalue weighted by Gasteiger charge is -2.31. The van der Waals surface area contributed by atoms with Crippen LogP contribution < -0.4 is 10.6 Å². The smallest absolute Gasteiger partial charge is 0.318 e. The Labute approximate surface area is 191 Å². The lowest BCUT2D eigenvalue weighted by Crippen LogP contribution is -2.45. The van der Waals surface area contributed by atoms with Crippen LogP contribution in [0.5, 0.6) is 0 Å². The second kappa shape index (κ2) is 9.97. The van der Waals surface area contributed by atoms with E-state index >= 15 is 0 Å². The Balaban J connectivity index is 1.41. The third kappa shape index (κ3) is 5.28. The minimum Gasteiger partial charge on any atom is -0.394 e. The second-order valence-electron chi connectivity index (χ2n) is 8.24. The number of anilines is 1. The molecule has 10 heteroatoms. The Kier molecular flexibility index (Phi) is 7.07. The Morgan fingerprint density at radius 3 is 3.06 bits per heavy atom. The number of nitrogens with zero attached hydrogens (tertiary/aromatic N) is 3. The van der Waals surface area contributed by atoms with E-state index in [-0.39, 0.29) is 29.8 Å². The predicted molar refractivity (Wildman–Crippen MR) is 118 cm³/mol. The Morgan fingerprint density at radius 2 is 2.31 bits per heavy atom. The molecule has 3 atom stereocenters. The van der Waals surface area contributed by atoms with Crippen LogP contribution in [0.4, 0.5) is 15.1 Å². The fourth-order valence-corrected chi connectivity index (χ4v) is 4.25. The van der Waals surface area contributed by atoms with Gasteiger partial charge in [-0.2, -0.15) is 0 Å². The molecule has 1 fully saturated rings. The maximum atomic E-state index is 13.4. The van der Waals surface area contributed by atoms with Gasteiger partial charge in [0.15, 0.2) is 0 Å². The number of rotatable bonds is 5. The van der Waals surface area contributed by atoms with Gasteiger partial charge >= 0.3 is 6.03 Å². The standard InChI is InChI=1S/C22H27ClFN5O3/c1-13-8-16(5-7-32-13)26-21-25-10-15-4-6-29(11-19(15)27-21)22(31)28-20(12-30)14-2-3-18(24)17(23)9-14/h2-3,9-10,13,16,20,30H,4-8,11-12H2,1H3,(H,28,31)(H,25,26,27)/t13?,16?,20-/m1/s1. The van der Waals surface area contributed by atoms with Gasteiger partial charge in [0, 0.05) is 25.4 Å². The number of hydrogen-bond acceptors (Lipinski definition) is 6. The van der Waals surface area contributed by atoms with Gasteiger partial charge < -0.3 is 25.4 Å². The van der Waals surface area contributed by atoms with Crippen LogP contribution >= 0.6 is 11.6 Å². The zero-order valence-corrected chi connectivity index (χ0v) is 18.6. The van der Waals surface area contributed by atoms with Gasteiger partial charge in [-0.1, -0.05) is 17.7 Å². The molecule has 2 aliphatic heterocycles. The highest BCUT2D eigenvalue weighted by atomic mass is 35.5. The molecule has 1 saturated heterocycles. The second-order valence-corrected chi connectivity index (χ2v) is 8.65. The van der Waals surface area contributed by atoms with Crippen LogP contribution in [0.2, 0.25) is 5.02 Å². The molecule has 1 aromatic heterocycles. The summed E-state index contributed by atoms with van der Waals surface area (Å²) in [7, 11) is 0. The van der Waals surface area contributed by atoms with Gasteiger partial charge in [0.05, 0.1) is 36.0 Å². The van der Waals surface area contributed by atoms with Crippen LogP contribution in [0.3, 0.4) is 0 Å². The quantitative estimate of drug-likeness (QED) is 0.630. The maximum Gasteiger partial charge on any atom is 0.318 e. The van der Waals surface area contributed by atoms with E-state index in [2.05, 4.69) is 27.5 Å². The van der Waals surface area contributed by atoms with Crippen LogP contribution in [0.15, 0.2) is 24.4 Å². The molecule has 3 heterocycles. The highest BCUT2D eigenvalue weighted by molar-refractivity contribution is 6.30. The summed E-state index contributed by atoms with van der Waals surface area (Å²) >= 11 is 5.84. The minimum absolute atomic E-state index is 0.0576. The summed E-state index contributed by atoms with van der Waals surface area (Å²) < 4.78 is 19.0. The van der Waals surface area contributed by atoms with Crippen molar-refractivity contribution in [1.29, 1.82) is 0 Å². The highest BCUT2D eigenvalue weighted by Crippen LogP contribution is 2.23. The lowest BCUT2D eigenvalue weighted by molar-refractivity contribution is 0.0231. The van der Waals surface area contributed by atoms with Crippen LogP contribution in [-0.2, 0) is 17.7 Å². The van der Waals surface area contributed by atoms with Crippen LogP contribution in [-0.4, -0.2) is 57.9 Å². The molecule has 3 N–H and O–H groups in total. The van der Waals surface area contributed by atoms with E-state index < -0.39 is 11.9 Å². The van der Waals surface area contributed by atoms with E-state index in [0.717, 1.165) is 24.1 Å². The molecule has 0 saturated carbocycles. The minimum atomic E-state index is -0.694. The number of aliphatic hydroxyl groups excluding tert-OH is 1. The number of benzene rings is 1. The van der Waals surface area contributed by atoms with Gasteiger partial charge in [0.1, 0.15) is 5.82 Å². The average Bonchev–Trinajstić information content (AvgIpc) is 2.78. The molecule has 8 nitrogen and oxygen atoms in total. The number of ether oxygens (including phenoxy) is 1. The van der Waals surface area contributed by atoms with Crippen molar-refractivity contribution >= 4 is 23.6 Å².